The van der Waals surface area contributed by atoms with Gasteiger partial charge >= 0.3 is 105 Å². The van der Waals surface area contributed by atoms with E-state index in [9.17, 15) is 0 Å². The zero-order valence-electron chi connectivity index (χ0n) is 11.5. The van der Waals surface area contributed by atoms with Crippen LogP contribution in [0.5, 0.6) is 0 Å². The van der Waals surface area contributed by atoms with Crippen LogP contribution in [0.3, 0.4) is 0 Å². The second-order valence-electron chi connectivity index (χ2n) is 4.87. The number of allylic oxidation sites excluding steroid dienone is 8. The number of hydrogen-bond acceptors (Lipinski definition) is 0. The van der Waals surface area contributed by atoms with Crippen LogP contribution in [-0.4, -0.2) is 4.82 Å². The minimum atomic E-state index is -1.41. The van der Waals surface area contributed by atoms with Crippen molar-refractivity contribution in [1.29, 1.82) is 0 Å². The van der Waals surface area contributed by atoms with E-state index in [1.807, 2.05) is 0 Å². The molecule has 0 aromatic carbocycles. The van der Waals surface area contributed by atoms with Crippen molar-refractivity contribution in [3.05, 3.63) is 42.7 Å². The Morgan fingerprint density at radius 2 is 1.78 bits per heavy atom. The van der Waals surface area contributed by atoms with Crippen molar-refractivity contribution in [3.63, 3.8) is 0 Å². The van der Waals surface area contributed by atoms with Crippen LogP contribution in [0.2, 0.25) is 0 Å². The SMILES string of the molecule is Cl.Cl.[CH2]=[Ti]([C]1=CC=CC1)[C]1=C(C)C(C)=C(C)C1C. The van der Waals surface area contributed by atoms with Gasteiger partial charge in [0, 0.05) is 0 Å². The van der Waals surface area contributed by atoms with Crippen LogP contribution in [0.25, 0.3) is 0 Å². The summed E-state index contributed by atoms with van der Waals surface area (Å²) >= 11 is -1.41. The van der Waals surface area contributed by atoms with E-state index in [1.54, 1.807) is 18.9 Å². The van der Waals surface area contributed by atoms with E-state index in [1.165, 1.54) is 5.57 Å². The van der Waals surface area contributed by atoms with Crippen LogP contribution >= 0.6 is 24.8 Å². The maximum atomic E-state index is 4.55. The molecule has 18 heavy (non-hydrogen) atoms. The third kappa shape index (κ3) is 2.99. The molecule has 0 spiro atoms. The van der Waals surface area contributed by atoms with Crippen LogP contribution < -0.4 is 0 Å². The van der Waals surface area contributed by atoms with Crippen LogP contribution in [0.1, 0.15) is 34.1 Å². The molecule has 0 nitrogen and oxygen atoms in total. The van der Waals surface area contributed by atoms with Crippen molar-refractivity contribution in [2.75, 3.05) is 0 Å². The Kier molecular flexibility index (Phi) is 7.10. The summed E-state index contributed by atoms with van der Waals surface area (Å²) < 4.78 is 3.33. The molecule has 100 valence electrons. The van der Waals surface area contributed by atoms with Gasteiger partial charge in [-0.2, -0.15) is 0 Å². The fourth-order valence-electron chi connectivity index (χ4n) is 2.70. The predicted octanol–water partition coefficient (Wildman–Crippen LogP) is 4.98. The van der Waals surface area contributed by atoms with Gasteiger partial charge in [0.2, 0.25) is 0 Å². The third-order valence-electron chi connectivity index (χ3n) is 4.12. The molecule has 0 saturated heterocycles. The molecule has 2 aliphatic rings. The van der Waals surface area contributed by atoms with E-state index >= 15 is 0 Å². The van der Waals surface area contributed by atoms with E-state index in [0.717, 1.165) is 6.42 Å². The van der Waals surface area contributed by atoms with Crippen molar-refractivity contribution < 1.29 is 17.4 Å². The van der Waals surface area contributed by atoms with E-state index in [0.29, 0.717) is 5.92 Å². The Labute approximate surface area is 129 Å². The van der Waals surface area contributed by atoms with Gasteiger partial charge in [-0.15, -0.1) is 24.8 Å². The summed E-state index contributed by atoms with van der Waals surface area (Å²) in [5, 5.41) is 0. The molecule has 0 N–H and O–H groups in total. The Balaban J connectivity index is 0.00000144. The molecule has 0 aromatic heterocycles. The van der Waals surface area contributed by atoms with E-state index < -0.39 is 17.4 Å². The fraction of sp³-hybridized carbons (Fsp3) is 0.400. The summed E-state index contributed by atoms with van der Waals surface area (Å²) in [6, 6.07) is 0. The summed E-state index contributed by atoms with van der Waals surface area (Å²) in [5.41, 5.74) is 4.62. The Morgan fingerprint density at radius 1 is 1.17 bits per heavy atom. The third-order valence-corrected chi connectivity index (χ3v) is 8.19. The molecule has 1 unspecified atom stereocenters. The number of hydrogen-bond donors (Lipinski definition) is 0. The van der Waals surface area contributed by atoms with Crippen LogP contribution in [0.15, 0.2) is 42.7 Å². The topological polar surface area (TPSA) is 0 Å². The molecular weight excluding hydrogens is 299 g/mol. The first-order valence-electron chi connectivity index (χ1n) is 5.98. The summed E-state index contributed by atoms with van der Waals surface area (Å²) in [4.78, 5) is 4.55. The van der Waals surface area contributed by atoms with Gasteiger partial charge in [-0.05, 0) is 0 Å². The molecule has 0 amide bonds. The first kappa shape index (κ1) is 18.1. The molecule has 2 rings (SSSR count). The van der Waals surface area contributed by atoms with Crippen molar-refractivity contribution in [3.8, 4) is 0 Å². The standard InChI is InChI=1S/C9H13.C5H5.CH2.2ClH.Ti/c1-6-5-7(2)9(4)8(6)3;1-2-4-5-3-1;;;;/h6H,1-4H3;1-3H,4H2;1H2;2*1H;. The second kappa shape index (κ2) is 7.05. The second-order valence-corrected chi connectivity index (χ2v) is 8.21. The quantitative estimate of drug-likeness (QED) is 0.629. The van der Waals surface area contributed by atoms with Crippen molar-refractivity contribution in [2.24, 2.45) is 5.92 Å². The van der Waals surface area contributed by atoms with Gasteiger partial charge in [0.25, 0.3) is 0 Å². The normalized spacial score (nSPS) is 21.8. The van der Waals surface area contributed by atoms with E-state index in [4.69, 9.17) is 0 Å². The Hall–Kier alpha value is 0.124. The molecule has 3 heteroatoms. The molecule has 0 heterocycles. The monoisotopic (exact) mass is 320 g/mol. The van der Waals surface area contributed by atoms with Gasteiger partial charge < -0.3 is 0 Å². The molecule has 2 aliphatic carbocycles. The average molecular weight is 321 g/mol. The maximum absolute atomic E-state index is 4.55. The first-order valence-corrected chi connectivity index (χ1v) is 8.64. The van der Waals surface area contributed by atoms with Gasteiger partial charge in [-0.3, -0.25) is 0 Å². The zero-order valence-corrected chi connectivity index (χ0v) is 14.7. The molecule has 0 radical (unpaired) electrons. The molecule has 0 saturated carbocycles. The summed E-state index contributed by atoms with van der Waals surface area (Å²) in [6.07, 6.45) is 7.91. The van der Waals surface area contributed by atoms with Crippen LogP contribution in [0, 0.1) is 5.92 Å². The van der Waals surface area contributed by atoms with Crippen molar-refractivity contribution >= 4 is 29.6 Å². The van der Waals surface area contributed by atoms with Gasteiger partial charge in [0.15, 0.2) is 0 Å². The van der Waals surface area contributed by atoms with E-state index in [-0.39, 0.29) is 24.8 Å². The summed E-state index contributed by atoms with van der Waals surface area (Å²) in [7, 11) is 0. The minimum absolute atomic E-state index is 0. The van der Waals surface area contributed by atoms with Gasteiger partial charge in [0.1, 0.15) is 0 Å². The molecule has 0 aromatic rings. The number of halogens is 2. The van der Waals surface area contributed by atoms with Gasteiger partial charge in [0.05, 0.1) is 0 Å². The average Bonchev–Trinajstić information content (AvgIpc) is 2.84. The summed E-state index contributed by atoms with van der Waals surface area (Å²) in [6.45, 7) is 9.19. The fourth-order valence-corrected chi connectivity index (χ4v) is 6.42. The van der Waals surface area contributed by atoms with E-state index in [2.05, 4.69) is 50.7 Å². The predicted molar refractivity (Wildman–Crippen MR) is 83.7 cm³/mol. The number of rotatable bonds is 2. The molecule has 0 aliphatic heterocycles. The van der Waals surface area contributed by atoms with Crippen molar-refractivity contribution in [2.45, 2.75) is 34.1 Å². The Morgan fingerprint density at radius 3 is 2.17 bits per heavy atom. The van der Waals surface area contributed by atoms with Gasteiger partial charge in [-0.1, -0.05) is 0 Å². The molecule has 0 bridgehead atoms. The Bertz CT molecular complexity index is 479. The summed E-state index contributed by atoms with van der Waals surface area (Å²) in [5.74, 6) is 0.647. The van der Waals surface area contributed by atoms with Gasteiger partial charge in [-0.25, -0.2) is 0 Å². The first-order chi connectivity index (χ1) is 7.54. The van der Waals surface area contributed by atoms with Crippen LogP contribution in [-0.2, 0) is 17.4 Å². The molecule has 1 atom stereocenters. The molecular formula is C15H22Cl2Ti. The zero-order chi connectivity index (χ0) is 11.9. The molecule has 0 fully saturated rings. The van der Waals surface area contributed by atoms with Crippen LogP contribution in [0.4, 0.5) is 0 Å². The van der Waals surface area contributed by atoms with Crippen molar-refractivity contribution in [1.82, 2.24) is 0 Å².